The first kappa shape index (κ1) is 14.3. The summed E-state index contributed by atoms with van der Waals surface area (Å²) in [4.78, 5) is 0. The van der Waals surface area contributed by atoms with E-state index in [0.717, 1.165) is 38.2 Å². The van der Waals surface area contributed by atoms with Gasteiger partial charge in [0.2, 0.25) is 0 Å². The first-order valence-corrected chi connectivity index (χ1v) is 6.99. The van der Waals surface area contributed by atoms with Crippen LogP contribution < -0.4 is 10.5 Å². The molecule has 0 aliphatic carbocycles. The largest absolute Gasteiger partial charge is 0.491 e. The van der Waals surface area contributed by atoms with Crippen LogP contribution in [-0.2, 0) is 15.9 Å². The molecule has 1 aromatic carbocycles. The van der Waals surface area contributed by atoms with Gasteiger partial charge in [0.25, 0.3) is 0 Å². The van der Waals surface area contributed by atoms with Crippen LogP contribution in [-0.4, -0.2) is 39.1 Å². The second-order valence-corrected chi connectivity index (χ2v) is 4.71. The summed E-state index contributed by atoms with van der Waals surface area (Å²) in [6.07, 6.45) is 3.23. The summed E-state index contributed by atoms with van der Waals surface area (Å²) in [5.74, 6) is 0.886. The number of hydrogen-bond donors (Lipinski definition) is 1. The lowest BCUT2D eigenvalue weighted by Gasteiger charge is -2.22. The summed E-state index contributed by atoms with van der Waals surface area (Å²) in [5, 5.41) is 0. The lowest BCUT2D eigenvalue weighted by Crippen LogP contribution is -2.25. The van der Waals surface area contributed by atoms with Crippen molar-refractivity contribution in [3.63, 3.8) is 0 Å². The van der Waals surface area contributed by atoms with Crippen molar-refractivity contribution >= 4 is 0 Å². The average Bonchev–Trinajstić information content (AvgIpc) is 2.47. The summed E-state index contributed by atoms with van der Waals surface area (Å²) in [5.41, 5.74) is 6.75. The van der Waals surface area contributed by atoms with Crippen molar-refractivity contribution in [1.29, 1.82) is 0 Å². The van der Waals surface area contributed by atoms with E-state index in [0.29, 0.717) is 25.9 Å². The van der Waals surface area contributed by atoms with Crippen molar-refractivity contribution in [3.05, 3.63) is 29.8 Å². The molecule has 0 bridgehead atoms. The van der Waals surface area contributed by atoms with Gasteiger partial charge in [0.1, 0.15) is 12.4 Å². The Kier molecular flexibility index (Phi) is 6.14. The highest BCUT2D eigenvalue weighted by molar-refractivity contribution is 5.27. The minimum Gasteiger partial charge on any atom is -0.491 e. The molecule has 0 radical (unpaired) electrons. The van der Waals surface area contributed by atoms with Gasteiger partial charge in [-0.3, -0.25) is 0 Å². The molecule has 0 saturated carbocycles. The fraction of sp³-hybridized carbons (Fsp3) is 0.600. The Labute approximate surface area is 114 Å². The molecule has 0 unspecified atom stereocenters. The van der Waals surface area contributed by atoms with Crippen molar-refractivity contribution in [2.75, 3.05) is 33.0 Å². The molecule has 2 N–H and O–H groups in total. The molecule has 1 heterocycles. The van der Waals surface area contributed by atoms with Gasteiger partial charge in [-0.25, -0.2) is 0 Å². The number of rotatable bonds is 7. The summed E-state index contributed by atoms with van der Waals surface area (Å²) in [6.45, 7) is 3.53. The lowest BCUT2D eigenvalue weighted by atomic mass is 10.1. The molecule has 1 saturated heterocycles. The van der Waals surface area contributed by atoms with Crippen molar-refractivity contribution in [3.8, 4) is 5.75 Å². The zero-order chi connectivity index (χ0) is 13.3. The van der Waals surface area contributed by atoms with Crippen LogP contribution in [0.3, 0.4) is 0 Å². The minimum atomic E-state index is 0.337. The van der Waals surface area contributed by atoms with E-state index in [9.17, 15) is 0 Å². The van der Waals surface area contributed by atoms with Gasteiger partial charge in [-0.2, -0.15) is 0 Å². The first-order valence-electron chi connectivity index (χ1n) is 6.99. The Morgan fingerprint density at radius 1 is 1.11 bits per heavy atom. The smallest absolute Gasteiger partial charge is 0.119 e. The van der Waals surface area contributed by atoms with E-state index in [1.54, 1.807) is 0 Å². The highest BCUT2D eigenvalue weighted by atomic mass is 16.5. The molecular formula is C15H23NO3. The standard InChI is InChI=1S/C15H23NO3/c16-8-5-13-1-3-14(4-2-13)18-11-12-19-15-6-9-17-10-7-15/h1-4,15H,5-12,16H2. The topological polar surface area (TPSA) is 53.7 Å². The third-order valence-electron chi connectivity index (χ3n) is 3.23. The van der Waals surface area contributed by atoms with Crippen molar-refractivity contribution in [2.45, 2.75) is 25.4 Å². The predicted molar refractivity (Wildman–Crippen MR) is 74.5 cm³/mol. The Morgan fingerprint density at radius 2 is 1.84 bits per heavy atom. The van der Waals surface area contributed by atoms with Gasteiger partial charge < -0.3 is 19.9 Å². The fourth-order valence-electron chi connectivity index (χ4n) is 2.14. The summed E-state index contributed by atoms with van der Waals surface area (Å²) < 4.78 is 16.7. The summed E-state index contributed by atoms with van der Waals surface area (Å²) in [7, 11) is 0. The van der Waals surface area contributed by atoms with Crippen LogP contribution in [0.2, 0.25) is 0 Å². The zero-order valence-electron chi connectivity index (χ0n) is 11.3. The molecule has 1 aromatic rings. The molecule has 4 nitrogen and oxygen atoms in total. The van der Waals surface area contributed by atoms with E-state index in [-0.39, 0.29) is 0 Å². The van der Waals surface area contributed by atoms with E-state index in [2.05, 4.69) is 12.1 Å². The SMILES string of the molecule is NCCc1ccc(OCCOC2CCOCC2)cc1. The average molecular weight is 265 g/mol. The molecule has 1 aliphatic heterocycles. The van der Waals surface area contributed by atoms with Gasteiger partial charge in [-0.1, -0.05) is 12.1 Å². The summed E-state index contributed by atoms with van der Waals surface area (Å²) >= 11 is 0. The second-order valence-electron chi connectivity index (χ2n) is 4.71. The minimum absolute atomic E-state index is 0.337. The van der Waals surface area contributed by atoms with Gasteiger partial charge in [-0.15, -0.1) is 0 Å². The van der Waals surface area contributed by atoms with Crippen LogP contribution in [0.5, 0.6) is 5.75 Å². The van der Waals surface area contributed by atoms with Gasteiger partial charge >= 0.3 is 0 Å². The van der Waals surface area contributed by atoms with Gasteiger partial charge in [0.15, 0.2) is 0 Å². The van der Waals surface area contributed by atoms with Crippen LogP contribution in [0.4, 0.5) is 0 Å². The molecule has 2 rings (SSSR count). The molecule has 4 heteroatoms. The number of ether oxygens (including phenoxy) is 3. The van der Waals surface area contributed by atoms with Crippen molar-refractivity contribution in [2.24, 2.45) is 5.73 Å². The quantitative estimate of drug-likeness (QED) is 0.763. The van der Waals surface area contributed by atoms with Crippen molar-refractivity contribution in [1.82, 2.24) is 0 Å². The van der Waals surface area contributed by atoms with E-state index in [4.69, 9.17) is 19.9 Å². The Hall–Kier alpha value is -1.10. The van der Waals surface area contributed by atoms with E-state index >= 15 is 0 Å². The van der Waals surface area contributed by atoms with Crippen LogP contribution >= 0.6 is 0 Å². The molecule has 106 valence electrons. The third-order valence-corrected chi connectivity index (χ3v) is 3.23. The lowest BCUT2D eigenvalue weighted by molar-refractivity contribution is -0.0388. The fourth-order valence-corrected chi connectivity index (χ4v) is 2.14. The van der Waals surface area contributed by atoms with Crippen LogP contribution in [0.25, 0.3) is 0 Å². The van der Waals surface area contributed by atoms with Crippen LogP contribution in [0.1, 0.15) is 18.4 Å². The maximum atomic E-state index is 5.75. The Balaban J connectivity index is 1.62. The first-order chi connectivity index (χ1) is 9.38. The van der Waals surface area contributed by atoms with Crippen LogP contribution in [0.15, 0.2) is 24.3 Å². The van der Waals surface area contributed by atoms with Gasteiger partial charge in [0, 0.05) is 13.2 Å². The number of benzene rings is 1. The zero-order valence-corrected chi connectivity index (χ0v) is 11.3. The van der Waals surface area contributed by atoms with E-state index in [1.165, 1.54) is 5.56 Å². The maximum Gasteiger partial charge on any atom is 0.119 e. The molecular weight excluding hydrogens is 242 g/mol. The maximum absolute atomic E-state index is 5.75. The van der Waals surface area contributed by atoms with Crippen molar-refractivity contribution < 1.29 is 14.2 Å². The molecule has 19 heavy (non-hydrogen) atoms. The molecule has 1 aliphatic rings. The highest BCUT2D eigenvalue weighted by Crippen LogP contribution is 2.13. The molecule has 0 atom stereocenters. The van der Waals surface area contributed by atoms with Gasteiger partial charge in [-0.05, 0) is 43.5 Å². The predicted octanol–water partition coefficient (Wildman–Crippen LogP) is 1.76. The molecule has 0 aromatic heterocycles. The van der Waals surface area contributed by atoms with E-state index < -0.39 is 0 Å². The van der Waals surface area contributed by atoms with Gasteiger partial charge in [0.05, 0.1) is 12.7 Å². The van der Waals surface area contributed by atoms with Crippen LogP contribution in [0, 0.1) is 0 Å². The Morgan fingerprint density at radius 3 is 2.53 bits per heavy atom. The third kappa shape index (κ3) is 5.19. The molecule has 0 spiro atoms. The number of nitrogens with two attached hydrogens (primary N) is 1. The Bertz CT molecular complexity index is 347. The monoisotopic (exact) mass is 265 g/mol. The normalized spacial score (nSPS) is 16.5. The highest BCUT2D eigenvalue weighted by Gasteiger charge is 2.13. The molecule has 0 amide bonds. The van der Waals surface area contributed by atoms with E-state index in [1.807, 2.05) is 12.1 Å². The molecule has 1 fully saturated rings. The second kappa shape index (κ2) is 8.15. The summed E-state index contributed by atoms with van der Waals surface area (Å²) in [6, 6.07) is 8.09. The number of hydrogen-bond acceptors (Lipinski definition) is 4.